The van der Waals surface area contributed by atoms with Crippen LogP contribution in [0, 0.1) is 5.82 Å². The first-order chi connectivity index (χ1) is 10.1. The average Bonchev–Trinajstić information content (AvgIpc) is 2.49. The van der Waals surface area contributed by atoms with E-state index in [2.05, 4.69) is 10.3 Å². The van der Waals surface area contributed by atoms with Gasteiger partial charge in [0.05, 0.1) is 5.02 Å². The van der Waals surface area contributed by atoms with E-state index in [0.29, 0.717) is 23.0 Å². The van der Waals surface area contributed by atoms with Crippen molar-refractivity contribution in [1.29, 1.82) is 0 Å². The molecule has 0 aliphatic carbocycles. The maximum atomic E-state index is 12.8. The van der Waals surface area contributed by atoms with Crippen molar-refractivity contribution in [3.05, 3.63) is 53.4 Å². The topological polar surface area (TPSA) is 51.2 Å². The molecule has 0 spiro atoms. The Morgan fingerprint density at radius 3 is 2.62 bits per heavy atom. The third kappa shape index (κ3) is 4.43. The molecule has 0 unspecified atom stereocenters. The van der Waals surface area contributed by atoms with Crippen LogP contribution in [0.25, 0.3) is 0 Å². The zero-order valence-corrected chi connectivity index (χ0v) is 12.1. The van der Waals surface area contributed by atoms with Gasteiger partial charge in [0.15, 0.2) is 6.10 Å². The number of carbonyl (C=O) groups is 1. The molecule has 1 N–H and O–H groups in total. The van der Waals surface area contributed by atoms with Gasteiger partial charge in [-0.3, -0.25) is 4.79 Å². The van der Waals surface area contributed by atoms with Crippen molar-refractivity contribution < 1.29 is 13.9 Å². The summed E-state index contributed by atoms with van der Waals surface area (Å²) < 4.78 is 18.4. The number of anilines is 1. The number of halogens is 2. The summed E-state index contributed by atoms with van der Waals surface area (Å²) >= 11 is 5.73. The molecule has 1 aromatic carbocycles. The lowest BCUT2D eigenvalue weighted by atomic mass is 10.2. The lowest BCUT2D eigenvalue weighted by Gasteiger charge is -2.17. The second-order valence-electron chi connectivity index (χ2n) is 4.32. The van der Waals surface area contributed by atoms with Crippen LogP contribution in [-0.2, 0) is 4.79 Å². The van der Waals surface area contributed by atoms with Crippen LogP contribution in [0.3, 0.4) is 0 Å². The molecule has 1 aromatic heterocycles. The van der Waals surface area contributed by atoms with E-state index in [1.54, 1.807) is 12.1 Å². The van der Waals surface area contributed by atoms with E-state index in [1.165, 1.54) is 30.5 Å². The molecule has 0 saturated heterocycles. The normalized spacial score (nSPS) is 11.8. The number of aromatic nitrogens is 1. The highest BCUT2D eigenvalue weighted by molar-refractivity contribution is 6.30. The van der Waals surface area contributed by atoms with Crippen molar-refractivity contribution in [2.75, 3.05) is 5.32 Å². The molecule has 4 nitrogen and oxygen atoms in total. The molecule has 1 atom stereocenters. The summed E-state index contributed by atoms with van der Waals surface area (Å²) in [6, 6.07) is 8.75. The van der Waals surface area contributed by atoms with E-state index in [9.17, 15) is 9.18 Å². The van der Waals surface area contributed by atoms with Gasteiger partial charge in [-0.2, -0.15) is 0 Å². The number of hydrogen-bond acceptors (Lipinski definition) is 3. The molecular weight excluding hydrogens is 295 g/mol. The highest BCUT2D eigenvalue weighted by Gasteiger charge is 2.18. The minimum absolute atomic E-state index is 0.323. The van der Waals surface area contributed by atoms with Gasteiger partial charge in [0.25, 0.3) is 5.91 Å². The zero-order valence-electron chi connectivity index (χ0n) is 11.3. The van der Waals surface area contributed by atoms with Crippen molar-refractivity contribution in [2.24, 2.45) is 0 Å². The van der Waals surface area contributed by atoms with Crippen LogP contribution in [0.15, 0.2) is 42.6 Å². The predicted molar refractivity (Wildman–Crippen MR) is 79.0 cm³/mol. The van der Waals surface area contributed by atoms with E-state index in [0.717, 1.165) is 0 Å². The van der Waals surface area contributed by atoms with Crippen LogP contribution >= 0.6 is 11.6 Å². The second kappa shape index (κ2) is 7.04. The van der Waals surface area contributed by atoms with E-state index in [-0.39, 0.29) is 11.7 Å². The Kier molecular flexibility index (Phi) is 5.11. The molecule has 0 radical (unpaired) electrons. The van der Waals surface area contributed by atoms with Crippen LogP contribution in [0.4, 0.5) is 10.2 Å². The molecule has 6 heteroatoms. The maximum Gasteiger partial charge on any atom is 0.266 e. The Morgan fingerprint density at radius 2 is 2.05 bits per heavy atom. The highest BCUT2D eigenvalue weighted by atomic mass is 35.5. The molecule has 21 heavy (non-hydrogen) atoms. The van der Waals surface area contributed by atoms with Crippen LogP contribution in [0.1, 0.15) is 13.3 Å². The zero-order chi connectivity index (χ0) is 15.2. The molecule has 0 fully saturated rings. The lowest BCUT2D eigenvalue weighted by Crippen LogP contribution is -2.32. The first-order valence-corrected chi connectivity index (χ1v) is 6.81. The molecule has 2 aromatic rings. The van der Waals surface area contributed by atoms with Crippen molar-refractivity contribution in [2.45, 2.75) is 19.4 Å². The minimum atomic E-state index is -0.687. The molecule has 1 heterocycles. The van der Waals surface area contributed by atoms with Gasteiger partial charge in [0, 0.05) is 6.20 Å². The third-order valence-corrected chi connectivity index (χ3v) is 2.96. The number of hydrogen-bond donors (Lipinski definition) is 1. The van der Waals surface area contributed by atoms with Gasteiger partial charge in [-0.25, -0.2) is 9.37 Å². The smallest absolute Gasteiger partial charge is 0.266 e. The largest absolute Gasteiger partial charge is 0.481 e. The molecule has 0 aliphatic heterocycles. The standard InChI is InChI=1S/C15H14ClFN2O2/c1-2-13(21-12-6-4-11(17)5-7-12)15(20)19-14-8-3-10(16)9-18-14/h3-9,13H,2H2,1H3,(H,18,19,20)/t13-/m1/s1. The van der Waals surface area contributed by atoms with Gasteiger partial charge in [-0.15, -0.1) is 0 Å². The molecule has 2 rings (SSSR count). The number of benzene rings is 1. The fourth-order valence-electron chi connectivity index (χ4n) is 1.66. The summed E-state index contributed by atoms with van der Waals surface area (Å²) in [7, 11) is 0. The Morgan fingerprint density at radius 1 is 1.33 bits per heavy atom. The number of ether oxygens (including phenoxy) is 1. The monoisotopic (exact) mass is 308 g/mol. The Labute approximate surface area is 126 Å². The highest BCUT2D eigenvalue weighted by Crippen LogP contribution is 2.16. The summed E-state index contributed by atoms with van der Waals surface area (Å²) in [5, 5.41) is 3.13. The SMILES string of the molecule is CC[C@@H](Oc1ccc(F)cc1)C(=O)Nc1ccc(Cl)cn1. The van der Waals surface area contributed by atoms with Crippen LogP contribution < -0.4 is 10.1 Å². The van der Waals surface area contributed by atoms with Gasteiger partial charge in [-0.1, -0.05) is 18.5 Å². The molecule has 0 bridgehead atoms. The van der Waals surface area contributed by atoms with Crippen LogP contribution in [0.5, 0.6) is 5.75 Å². The second-order valence-corrected chi connectivity index (χ2v) is 4.76. The summed E-state index contributed by atoms with van der Waals surface area (Å²) in [6.45, 7) is 1.82. The minimum Gasteiger partial charge on any atom is -0.481 e. The van der Waals surface area contributed by atoms with Crippen molar-refractivity contribution in [1.82, 2.24) is 4.98 Å². The molecular formula is C15H14ClFN2O2. The van der Waals surface area contributed by atoms with Gasteiger partial charge in [0.1, 0.15) is 17.4 Å². The molecule has 110 valence electrons. The molecule has 0 saturated carbocycles. The summed E-state index contributed by atoms with van der Waals surface area (Å²) in [5.74, 6) is 0.148. The first-order valence-electron chi connectivity index (χ1n) is 6.43. The Bertz CT molecular complexity index is 602. The summed E-state index contributed by atoms with van der Waals surface area (Å²) in [6.07, 6.45) is 1.23. The number of carbonyl (C=O) groups excluding carboxylic acids is 1. The predicted octanol–water partition coefficient (Wildman–Crippen LogP) is 3.67. The van der Waals surface area contributed by atoms with E-state index >= 15 is 0 Å². The third-order valence-electron chi connectivity index (χ3n) is 2.73. The van der Waals surface area contributed by atoms with Crippen LogP contribution in [0.2, 0.25) is 5.02 Å². The molecule has 0 aliphatic rings. The van der Waals surface area contributed by atoms with Crippen LogP contribution in [-0.4, -0.2) is 17.0 Å². The molecule has 1 amide bonds. The summed E-state index contributed by atoms with van der Waals surface area (Å²) in [5.41, 5.74) is 0. The van der Waals surface area contributed by atoms with Crippen molar-refractivity contribution in [3.63, 3.8) is 0 Å². The quantitative estimate of drug-likeness (QED) is 0.917. The average molecular weight is 309 g/mol. The van der Waals surface area contributed by atoms with E-state index < -0.39 is 6.10 Å². The first kappa shape index (κ1) is 15.3. The number of nitrogens with zero attached hydrogens (tertiary/aromatic N) is 1. The number of amides is 1. The number of nitrogens with one attached hydrogen (secondary N) is 1. The fraction of sp³-hybridized carbons (Fsp3) is 0.200. The maximum absolute atomic E-state index is 12.8. The Hall–Kier alpha value is -2.14. The van der Waals surface area contributed by atoms with Gasteiger partial charge >= 0.3 is 0 Å². The van der Waals surface area contributed by atoms with Crippen molar-refractivity contribution in [3.8, 4) is 5.75 Å². The van der Waals surface area contributed by atoms with Gasteiger partial charge < -0.3 is 10.1 Å². The van der Waals surface area contributed by atoms with Gasteiger partial charge in [-0.05, 0) is 42.8 Å². The summed E-state index contributed by atoms with van der Waals surface area (Å²) in [4.78, 5) is 16.1. The number of rotatable bonds is 5. The van der Waals surface area contributed by atoms with Gasteiger partial charge in [0.2, 0.25) is 0 Å². The van der Waals surface area contributed by atoms with E-state index in [1.807, 2.05) is 6.92 Å². The fourth-order valence-corrected chi connectivity index (χ4v) is 1.77. The van der Waals surface area contributed by atoms with Crippen molar-refractivity contribution >= 4 is 23.3 Å². The Balaban J connectivity index is 2.01. The lowest BCUT2D eigenvalue weighted by molar-refractivity contribution is -0.122. The van der Waals surface area contributed by atoms with E-state index in [4.69, 9.17) is 16.3 Å². The number of pyridine rings is 1.